The van der Waals surface area contributed by atoms with Gasteiger partial charge in [-0.2, -0.15) is 0 Å². The lowest BCUT2D eigenvalue weighted by atomic mass is 10.3. The summed E-state index contributed by atoms with van der Waals surface area (Å²) in [6.07, 6.45) is 0. The minimum atomic E-state index is -0.956. The molecule has 1 amide bonds. The van der Waals surface area contributed by atoms with E-state index in [0.717, 1.165) is 16.6 Å². The van der Waals surface area contributed by atoms with Gasteiger partial charge in [0.2, 0.25) is 5.91 Å². The summed E-state index contributed by atoms with van der Waals surface area (Å²) in [5.74, 6) is -2.16. The summed E-state index contributed by atoms with van der Waals surface area (Å²) in [5, 5.41) is 5.40. The fourth-order valence-electron chi connectivity index (χ4n) is 1.56. The molecule has 20 heavy (non-hydrogen) atoms. The zero-order chi connectivity index (χ0) is 14.5. The Morgan fingerprint density at radius 1 is 1.05 bits per heavy atom. The standard InChI is InChI=1S/C14H11BrF2N2O/c15-9-2-1-3-11(6-9)19-14(20)8-18-10-4-5-12(16)13(17)7-10/h1-7,18H,8H2,(H,19,20). The maximum absolute atomic E-state index is 13.0. The largest absolute Gasteiger partial charge is 0.376 e. The van der Waals surface area contributed by atoms with Gasteiger partial charge in [0.05, 0.1) is 6.54 Å². The molecule has 0 spiro atoms. The van der Waals surface area contributed by atoms with Gasteiger partial charge in [0.15, 0.2) is 11.6 Å². The first-order valence-corrected chi connectivity index (χ1v) is 6.58. The molecule has 0 saturated carbocycles. The molecule has 2 aromatic carbocycles. The van der Waals surface area contributed by atoms with Crippen molar-refractivity contribution >= 4 is 33.2 Å². The Morgan fingerprint density at radius 3 is 2.55 bits per heavy atom. The second-order valence-electron chi connectivity index (χ2n) is 4.04. The smallest absolute Gasteiger partial charge is 0.243 e. The van der Waals surface area contributed by atoms with E-state index in [-0.39, 0.29) is 12.5 Å². The zero-order valence-corrected chi connectivity index (χ0v) is 11.9. The number of carbonyl (C=O) groups excluding carboxylic acids is 1. The number of carbonyl (C=O) groups is 1. The molecule has 0 radical (unpaired) electrons. The van der Waals surface area contributed by atoms with Crippen molar-refractivity contribution < 1.29 is 13.6 Å². The summed E-state index contributed by atoms with van der Waals surface area (Å²) < 4.78 is 26.6. The van der Waals surface area contributed by atoms with Gasteiger partial charge in [-0.1, -0.05) is 22.0 Å². The quantitative estimate of drug-likeness (QED) is 0.889. The average Bonchev–Trinajstić information content (AvgIpc) is 2.40. The molecule has 0 heterocycles. The van der Waals surface area contributed by atoms with Crippen LogP contribution in [-0.4, -0.2) is 12.5 Å². The Balaban J connectivity index is 1.90. The molecule has 0 saturated heterocycles. The Bertz CT molecular complexity index is 634. The van der Waals surface area contributed by atoms with Gasteiger partial charge in [-0.3, -0.25) is 4.79 Å². The van der Waals surface area contributed by atoms with Gasteiger partial charge in [0, 0.05) is 21.9 Å². The first-order valence-electron chi connectivity index (χ1n) is 5.79. The molecule has 0 aromatic heterocycles. The number of halogens is 3. The third-order valence-electron chi connectivity index (χ3n) is 2.48. The maximum Gasteiger partial charge on any atom is 0.243 e. The van der Waals surface area contributed by atoms with Crippen LogP contribution in [0.1, 0.15) is 0 Å². The van der Waals surface area contributed by atoms with Crippen molar-refractivity contribution in [3.63, 3.8) is 0 Å². The fraction of sp³-hybridized carbons (Fsp3) is 0.0714. The molecular formula is C14H11BrF2N2O. The Kier molecular flexibility index (Phi) is 4.68. The Morgan fingerprint density at radius 2 is 1.85 bits per heavy atom. The average molecular weight is 341 g/mol. The van der Waals surface area contributed by atoms with Crippen molar-refractivity contribution in [2.75, 3.05) is 17.2 Å². The number of rotatable bonds is 4. The van der Waals surface area contributed by atoms with E-state index in [2.05, 4.69) is 26.6 Å². The lowest BCUT2D eigenvalue weighted by molar-refractivity contribution is -0.114. The van der Waals surface area contributed by atoms with Crippen LogP contribution >= 0.6 is 15.9 Å². The van der Waals surface area contributed by atoms with E-state index in [9.17, 15) is 13.6 Å². The van der Waals surface area contributed by atoms with E-state index in [4.69, 9.17) is 0 Å². The van der Waals surface area contributed by atoms with Crippen molar-refractivity contribution in [2.45, 2.75) is 0 Å². The molecule has 0 aliphatic rings. The van der Waals surface area contributed by atoms with Gasteiger partial charge in [0.1, 0.15) is 0 Å². The minimum absolute atomic E-state index is 0.0441. The highest BCUT2D eigenvalue weighted by Gasteiger charge is 2.05. The third kappa shape index (κ3) is 4.03. The topological polar surface area (TPSA) is 41.1 Å². The number of benzene rings is 2. The van der Waals surface area contributed by atoms with Crippen LogP contribution in [0.3, 0.4) is 0 Å². The van der Waals surface area contributed by atoms with Gasteiger partial charge in [0.25, 0.3) is 0 Å². The van der Waals surface area contributed by atoms with Crippen molar-refractivity contribution in [1.82, 2.24) is 0 Å². The fourth-order valence-corrected chi connectivity index (χ4v) is 1.96. The molecular weight excluding hydrogens is 330 g/mol. The first kappa shape index (κ1) is 14.5. The first-order chi connectivity index (χ1) is 9.54. The minimum Gasteiger partial charge on any atom is -0.376 e. The van der Waals surface area contributed by atoms with Gasteiger partial charge >= 0.3 is 0 Å². The summed E-state index contributed by atoms with van der Waals surface area (Å²) in [4.78, 5) is 11.7. The van der Waals surface area contributed by atoms with Crippen LogP contribution in [0.5, 0.6) is 0 Å². The highest BCUT2D eigenvalue weighted by molar-refractivity contribution is 9.10. The van der Waals surface area contributed by atoms with E-state index in [0.29, 0.717) is 11.4 Å². The van der Waals surface area contributed by atoms with Gasteiger partial charge in [-0.25, -0.2) is 8.78 Å². The van der Waals surface area contributed by atoms with Crippen LogP contribution in [-0.2, 0) is 4.79 Å². The summed E-state index contributed by atoms with van der Waals surface area (Å²) in [6.45, 7) is -0.0441. The Hall–Kier alpha value is -1.95. The second-order valence-corrected chi connectivity index (χ2v) is 4.96. The molecule has 0 unspecified atom stereocenters. The maximum atomic E-state index is 13.0. The SMILES string of the molecule is O=C(CNc1ccc(F)c(F)c1)Nc1cccc(Br)c1. The number of nitrogens with one attached hydrogen (secondary N) is 2. The van der Waals surface area contributed by atoms with E-state index in [1.54, 1.807) is 18.2 Å². The van der Waals surface area contributed by atoms with Gasteiger partial charge < -0.3 is 10.6 Å². The van der Waals surface area contributed by atoms with E-state index >= 15 is 0 Å². The Labute approximate surface area is 123 Å². The normalized spacial score (nSPS) is 10.2. The molecule has 0 aliphatic carbocycles. The van der Waals surface area contributed by atoms with Crippen LogP contribution in [0.15, 0.2) is 46.9 Å². The predicted molar refractivity (Wildman–Crippen MR) is 77.6 cm³/mol. The zero-order valence-electron chi connectivity index (χ0n) is 10.3. The molecule has 0 bridgehead atoms. The number of hydrogen-bond acceptors (Lipinski definition) is 2. The number of anilines is 2. The predicted octanol–water partition coefficient (Wildman–Crippen LogP) is 3.78. The van der Waals surface area contributed by atoms with Crippen molar-refractivity contribution in [2.24, 2.45) is 0 Å². The van der Waals surface area contributed by atoms with Crippen LogP contribution < -0.4 is 10.6 Å². The van der Waals surface area contributed by atoms with E-state index < -0.39 is 11.6 Å². The lowest BCUT2D eigenvalue weighted by Crippen LogP contribution is -2.21. The van der Waals surface area contributed by atoms with Crippen LogP contribution in [0.25, 0.3) is 0 Å². The van der Waals surface area contributed by atoms with Crippen molar-refractivity contribution in [1.29, 1.82) is 0 Å². The van der Waals surface area contributed by atoms with Crippen LogP contribution in [0.2, 0.25) is 0 Å². The number of amides is 1. The molecule has 0 atom stereocenters. The molecule has 3 nitrogen and oxygen atoms in total. The summed E-state index contributed by atoms with van der Waals surface area (Å²) in [5.41, 5.74) is 0.991. The molecule has 2 N–H and O–H groups in total. The molecule has 0 fully saturated rings. The molecule has 0 aliphatic heterocycles. The summed E-state index contributed by atoms with van der Waals surface area (Å²) in [6, 6.07) is 10.5. The summed E-state index contributed by atoms with van der Waals surface area (Å²) in [7, 11) is 0. The number of hydrogen-bond donors (Lipinski definition) is 2. The molecule has 2 aromatic rings. The van der Waals surface area contributed by atoms with Crippen LogP contribution in [0.4, 0.5) is 20.2 Å². The van der Waals surface area contributed by atoms with Gasteiger partial charge in [-0.15, -0.1) is 0 Å². The highest BCUT2D eigenvalue weighted by atomic mass is 79.9. The van der Waals surface area contributed by atoms with E-state index in [1.807, 2.05) is 6.07 Å². The lowest BCUT2D eigenvalue weighted by Gasteiger charge is -2.08. The van der Waals surface area contributed by atoms with Crippen molar-refractivity contribution in [3.8, 4) is 0 Å². The molecule has 6 heteroatoms. The molecule has 2 rings (SSSR count). The van der Waals surface area contributed by atoms with Gasteiger partial charge in [-0.05, 0) is 30.3 Å². The van der Waals surface area contributed by atoms with Crippen molar-refractivity contribution in [3.05, 3.63) is 58.6 Å². The van der Waals surface area contributed by atoms with E-state index in [1.165, 1.54) is 6.07 Å². The summed E-state index contributed by atoms with van der Waals surface area (Å²) >= 11 is 3.30. The third-order valence-corrected chi connectivity index (χ3v) is 2.97. The highest BCUT2D eigenvalue weighted by Crippen LogP contribution is 2.16. The van der Waals surface area contributed by atoms with Crippen LogP contribution in [0, 0.1) is 11.6 Å². The second kappa shape index (κ2) is 6.47. The monoisotopic (exact) mass is 340 g/mol. The molecule has 104 valence electrons.